The van der Waals surface area contributed by atoms with Crippen molar-refractivity contribution < 1.29 is 18.9 Å². The van der Waals surface area contributed by atoms with Crippen LogP contribution in [-0.4, -0.2) is 0 Å². The van der Waals surface area contributed by atoms with Gasteiger partial charge in [0.25, 0.3) is 0 Å². The molecule has 0 aliphatic carbocycles. The molecule has 0 heterocycles. The third-order valence-corrected chi connectivity index (χ3v) is 1.00. The summed E-state index contributed by atoms with van der Waals surface area (Å²) in [6.07, 6.45) is 0. The summed E-state index contributed by atoms with van der Waals surface area (Å²) >= 11 is 0. The van der Waals surface area contributed by atoms with Crippen LogP contribution in [0.5, 0.6) is 0 Å². The second-order valence-electron chi connectivity index (χ2n) is 1.73. The molecule has 1 aromatic carbocycles. The Balaban J connectivity index is 0.000000810. The van der Waals surface area contributed by atoms with E-state index in [2.05, 4.69) is 0 Å². The third kappa shape index (κ3) is 4.32. The predicted molar refractivity (Wildman–Crippen MR) is 39.7 cm³/mol. The molecule has 0 aliphatic heterocycles. The van der Waals surface area contributed by atoms with Crippen molar-refractivity contribution in [3.63, 3.8) is 0 Å². The molecule has 0 saturated carbocycles. The zero-order valence-corrected chi connectivity index (χ0v) is 6.20. The molecule has 0 aromatic heterocycles. The first kappa shape index (κ1) is 9.43. The summed E-state index contributed by atoms with van der Waals surface area (Å²) < 4.78 is 0. The molecule has 10 heavy (non-hydrogen) atoms. The van der Waals surface area contributed by atoms with Crippen LogP contribution in [0.25, 0.3) is 0 Å². The molecule has 0 aliphatic rings. The van der Waals surface area contributed by atoms with Crippen LogP contribution in [0.2, 0.25) is 0 Å². The van der Waals surface area contributed by atoms with Gasteiger partial charge in [-0.05, 0) is 0 Å². The van der Waals surface area contributed by atoms with Crippen molar-refractivity contribution in [2.45, 2.75) is 0 Å². The van der Waals surface area contributed by atoms with Gasteiger partial charge in [0, 0.05) is 0 Å². The predicted octanol–water partition coefficient (Wildman–Crippen LogP) is -0.466. The summed E-state index contributed by atoms with van der Waals surface area (Å²) in [6.45, 7) is 0. The van der Waals surface area contributed by atoms with Gasteiger partial charge < -0.3 is 0 Å². The van der Waals surface area contributed by atoms with Crippen molar-refractivity contribution in [2.75, 3.05) is 0 Å². The SMILES string of the molecule is [Li+].c1cccc[cH-]ccc1. The summed E-state index contributed by atoms with van der Waals surface area (Å²) in [4.78, 5) is 0. The van der Waals surface area contributed by atoms with E-state index < -0.39 is 0 Å². The first-order valence-electron chi connectivity index (χ1n) is 3.00. The number of rotatable bonds is 0. The van der Waals surface area contributed by atoms with Crippen LogP contribution in [0.1, 0.15) is 0 Å². The molecular formula is C9H9Li. The van der Waals surface area contributed by atoms with Crippen molar-refractivity contribution in [3.8, 4) is 0 Å². The van der Waals surface area contributed by atoms with Gasteiger partial charge in [-0.2, -0.15) is 30.3 Å². The average Bonchev–Trinajstić information content (AvgIpc) is 2.00. The van der Waals surface area contributed by atoms with Crippen molar-refractivity contribution in [3.05, 3.63) is 54.6 Å². The first-order valence-corrected chi connectivity index (χ1v) is 3.00. The second-order valence-corrected chi connectivity index (χ2v) is 1.73. The quantitative estimate of drug-likeness (QED) is 0.324. The monoisotopic (exact) mass is 124 g/mol. The molecular weight excluding hydrogens is 115 g/mol. The largest absolute Gasteiger partial charge is 1.00 e. The summed E-state index contributed by atoms with van der Waals surface area (Å²) in [5.74, 6) is 0. The van der Waals surface area contributed by atoms with Crippen LogP contribution in [0.3, 0.4) is 0 Å². The smallest absolute Gasteiger partial charge is 0.172 e. The van der Waals surface area contributed by atoms with Gasteiger partial charge in [-0.15, -0.1) is 12.1 Å². The van der Waals surface area contributed by atoms with E-state index in [9.17, 15) is 0 Å². The van der Waals surface area contributed by atoms with Crippen LogP contribution >= 0.6 is 0 Å². The maximum absolute atomic E-state index is 2.00. The minimum Gasteiger partial charge on any atom is -0.172 e. The van der Waals surface area contributed by atoms with Crippen LogP contribution in [0.4, 0.5) is 0 Å². The summed E-state index contributed by atoms with van der Waals surface area (Å²) in [5.41, 5.74) is 0. The van der Waals surface area contributed by atoms with E-state index in [0.29, 0.717) is 0 Å². The minimum atomic E-state index is 0. The molecule has 0 spiro atoms. The summed E-state index contributed by atoms with van der Waals surface area (Å²) in [7, 11) is 0. The van der Waals surface area contributed by atoms with E-state index in [1.54, 1.807) is 0 Å². The molecule has 0 amide bonds. The van der Waals surface area contributed by atoms with Gasteiger partial charge in [0.15, 0.2) is 0 Å². The zero-order chi connectivity index (χ0) is 6.36. The van der Waals surface area contributed by atoms with Gasteiger partial charge >= 0.3 is 18.9 Å². The van der Waals surface area contributed by atoms with Crippen LogP contribution in [-0.2, 0) is 0 Å². The summed E-state index contributed by atoms with van der Waals surface area (Å²) in [5, 5.41) is 0. The molecule has 0 N–H and O–H groups in total. The van der Waals surface area contributed by atoms with Crippen LogP contribution in [0, 0.1) is 0 Å². The Bertz CT molecular complexity index is 126. The molecule has 1 aromatic rings. The molecule has 0 fully saturated rings. The van der Waals surface area contributed by atoms with E-state index >= 15 is 0 Å². The van der Waals surface area contributed by atoms with Gasteiger partial charge in [0.1, 0.15) is 0 Å². The third-order valence-electron chi connectivity index (χ3n) is 1.00. The first-order chi connectivity index (χ1) is 4.50. The molecule has 0 radical (unpaired) electrons. The Hall–Kier alpha value is -0.573. The van der Waals surface area contributed by atoms with Crippen molar-refractivity contribution >= 4 is 0 Å². The van der Waals surface area contributed by atoms with Gasteiger partial charge in [-0.3, -0.25) is 0 Å². The van der Waals surface area contributed by atoms with Gasteiger partial charge in [0.2, 0.25) is 0 Å². The molecule has 0 unspecified atom stereocenters. The minimum absolute atomic E-state index is 0. The molecule has 46 valence electrons. The Morgan fingerprint density at radius 3 is 1.50 bits per heavy atom. The van der Waals surface area contributed by atoms with E-state index in [-0.39, 0.29) is 18.9 Å². The molecule has 0 bridgehead atoms. The molecule has 0 nitrogen and oxygen atoms in total. The molecule has 0 atom stereocenters. The number of hydrogen-bond donors (Lipinski definition) is 0. The normalized spacial score (nSPS) is 7.20. The molecule has 0 saturated heterocycles. The average molecular weight is 124 g/mol. The number of hydrogen-bond acceptors (Lipinski definition) is 0. The van der Waals surface area contributed by atoms with E-state index in [1.165, 1.54) is 0 Å². The Morgan fingerprint density at radius 1 is 0.600 bits per heavy atom. The van der Waals surface area contributed by atoms with Crippen molar-refractivity contribution in [1.29, 1.82) is 0 Å². The van der Waals surface area contributed by atoms with Crippen LogP contribution < -0.4 is 18.9 Å². The second kappa shape index (κ2) is 6.55. The van der Waals surface area contributed by atoms with Crippen molar-refractivity contribution in [2.24, 2.45) is 0 Å². The van der Waals surface area contributed by atoms with E-state index in [0.717, 1.165) is 0 Å². The standard InChI is InChI=1S/C9H9.Li/c1-2-4-6-8-9-7-5-3-1;/h1-9H;/q-1;+1. The zero-order valence-electron chi connectivity index (χ0n) is 6.20. The fourth-order valence-electron chi connectivity index (χ4n) is 0.577. The maximum atomic E-state index is 2.00. The summed E-state index contributed by atoms with van der Waals surface area (Å²) in [6, 6.07) is 18.0. The topological polar surface area (TPSA) is 0 Å². The van der Waals surface area contributed by atoms with Gasteiger partial charge in [-0.25, -0.2) is 0 Å². The fourth-order valence-corrected chi connectivity index (χ4v) is 0.577. The Kier molecular flexibility index (Phi) is 6.17. The maximum Gasteiger partial charge on any atom is 1.00 e. The molecule has 1 heteroatoms. The van der Waals surface area contributed by atoms with Crippen LogP contribution in [0.15, 0.2) is 54.6 Å². The Morgan fingerprint density at radius 2 is 1.00 bits per heavy atom. The van der Waals surface area contributed by atoms with Gasteiger partial charge in [-0.1, -0.05) is 12.1 Å². The molecule has 1 rings (SSSR count). The fraction of sp³-hybridized carbons (Fsp3) is 0. The Labute approximate surface area is 73.8 Å². The van der Waals surface area contributed by atoms with Gasteiger partial charge in [0.05, 0.1) is 0 Å². The van der Waals surface area contributed by atoms with E-state index in [4.69, 9.17) is 0 Å². The van der Waals surface area contributed by atoms with E-state index in [1.807, 2.05) is 54.6 Å². The van der Waals surface area contributed by atoms with Crippen molar-refractivity contribution in [1.82, 2.24) is 0 Å².